The number of benzene rings is 1. The van der Waals surface area contributed by atoms with Gasteiger partial charge in [0.2, 0.25) is 5.91 Å². The fraction of sp³-hybridized carbons (Fsp3) is 0.696. The second-order valence-corrected chi connectivity index (χ2v) is 9.42. The normalized spacial score (nSPS) is 29.4. The molecule has 172 valence electrons. The van der Waals surface area contributed by atoms with E-state index in [0.29, 0.717) is 57.0 Å². The van der Waals surface area contributed by atoms with E-state index in [1.54, 1.807) is 17.0 Å². The Labute approximate surface area is 180 Å². The van der Waals surface area contributed by atoms with E-state index >= 15 is 0 Å². The van der Waals surface area contributed by atoms with Crippen LogP contribution in [-0.2, 0) is 9.53 Å². The molecule has 1 aromatic carbocycles. The first-order valence-electron chi connectivity index (χ1n) is 11.1. The molecular weight excluding hydrogens is 411 g/mol. The molecule has 0 radical (unpaired) electrons. The zero-order chi connectivity index (χ0) is 22.1. The second kappa shape index (κ2) is 8.62. The summed E-state index contributed by atoms with van der Waals surface area (Å²) in [6.07, 6.45) is 2.35. The van der Waals surface area contributed by atoms with Crippen LogP contribution in [0.25, 0.3) is 0 Å². The average Bonchev–Trinajstić information content (AvgIpc) is 3.01. The fourth-order valence-corrected chi connectivity index (χ4v) is 4.83. The summed E-state index contributed by atoms with van der Waals surface area (Å²) >= 11 is 0. The van der Waals surface area contributed by atoms with Gasteiger partial charge in [0.1, 0.15) is 5.75 Å². The van der Waals surface area contributed by atoms with Crippen molar-refractivity contribution in [1.82, 2.24) is 0 Å². The largest absolute Gasteiger partial charge is 0.484 e. The Balaban J connectivity index is 1.30. The molecule has 3 fully saturated rings. The quantitative estimate of drug-likeness (QED) is 0.678. The Kier molecular flexibility index (Phi) is 6.23. The van der Waals surface area contributed by atoms with Crippen molar-refractivity contribution in [3.05, 3.63) is 24.3 Å². The molecule has 1 aliphatic heterocycles. The van der Waals surface area contributed by atoms with Crippen LogP contribution in [0.15, 0.2) is 24.3 Å². The summed E-state index contributed by atoms with van der Waals surface area (Å²) in [7, 11) is 0. The molecule has 2 saturated carbocycles. The van der Waals surface area contributed by atoms with E-state index in [9.17, 15) is 23.1 Å². The van der Waals surface area contributed by atoms with Crippen LogP contribution in [0.1, 0.15) is 51.4 Å². The van der Waals surface area contributed by atoms with E-state index in [2.05, 4.69) is 0 Å². The third-order valence-corrected chi connectivity index (χ3v) is 7.15. The van der Waals surface area contributed by atoms with Gasteiger partial charge in [-0.2, -0.15) is 13.2 Å². The summed E-state index contributed by atoms with van der Waals surface area (Å²) in [5, 5.41) is 10.9. The number of halogens is 3. The molecule has 5 nitrogen and oxygen atoms in total. The van der Waals surface area contributed by atoms with Crippen molar-refractivity contribution in [2.24, 2.45) is 11.3 Å². The van der Waals surface area contributed by atoms with Crippen LogP contribution in [-0.4, -0.2) is 49.2 Å². The van der Waals surface area contributed by atoms with Crippen molar-refractivity contribution >= 4 is 11.6 Å². The summed E-state index contributed by atoms with van der Waals surface area (Å²) in [4.78, 5) is 14.9. The van der Waals surface area contributed by atoms with Crippen LogP contribution in [0, 0.1) is 11.3 Å². The summed E-state index contributed by atoms with van der Waals surface area (Å²) in [5.74, 6) is 0.787. The van der Waals surface area contributed by atoms with Crippen molar-refractivity contribution in [3.8, 4) is 5.75 Å². The molecule has 0 unspecified atom stereocenters. The molecule has 3 aliphatic rings. The molecular formula is C23H30F3NO4. The van der Waals surface area contributed by atoms with E-state index < -0.39 is 23.8 Å². The van der Waals surface area contributed by atoms with Crippen molar-refractivity contribution in [2.45, 2.75) is 63.1 Å². The first-order chi connectivity index (χ1) is 14.7. The lowest BCUT2D eigenvalue weighted by molar-refractivity contribution is -0.153. The summed E-state index contributed by atoms with van der Waals surface area (Å²) < 4.78 is 47.4. The van der Waals surface area contributed by atoms with Gasteiger partial charge in [0.15, 0.2) is 6.61 Å². The molecule has 8 heteroatoms. The highest BCUT2D eigenvalue weighted by Gasteiger charge is 2.51. The third kappa shape index (κ3) is 5.17. The van der Waals surface area contributed by atoms with Crippen LogP contribution < -0.4 is 9.64 Å². The minimum absolute atomic E-state index is 0.0360. The van der Waals surface area contributed by atoms with Crippen LogP contribution in [0.4, 0.5) is 18.9 Å². The number of amides is 1. The smallest absolute Gasteiger partial charge is 0.422 e. The number of ether oxygens (including phenoxy) is 2. The number of hydrogen-bond donors (Lipinski definition) is 1. The molecule has 1 aromatic rings. The Morgan fingerprint density at radius 3 is 2.32 bits per heavy atom. The van der Waals surface area contributed by atoms with Gasteiger partial charge in [0, 0.05) is 18.8 Å². The number of carbonyl (C=O) groups is 1. The third-order valence-electron chi connectivity index (χ3n) is 7.15. The highest BCUT2D eigenvalue weighted by Crippen LogP contribution is 2.48. The number of alkyl halides is 3. The molecule has 1 N–H and O–H groups in total. The van der Waals surface area contributed by atoms with Gasteiger partial charge in [-0.3, -0.25) is 4.79 Å². The molecule has 2 aliphatic carbocycles. The van der Waals surface area contributed by atoms with Gasteiger partial charge in [-0.1, -0.05) is 6.42 Å². The lowest BCUT2D eigenvalue weighted by Gasteiger charge is -2.41. The van der Waals surface area contributed by atoms with Crippen molar-refractivity contribution in [1.29, 1.82) is 0 Å². The topological polar surface area (TPSA) is 59.0 Å². The van der Waals surface area contributed by atoms with Crippen molar-refractivity contribution in [2.75, 3.05) is 31.3 Å². The monoisotopic (exact) mass is 441 g/mol. The molecule has 0 bridgehead atoms. The highest BCUT2D eigenvalue weighted by atomic mass is 19.4. The molecule has 4 rings (SSSR count). The van der Waals surface area contributed by atoms with E-state index in [1.807, 2.05) is 0 Å². The Hall–Kier alpha value is -1.80. The van der Waals surface area contributed by atoms with Gasteiger partial charge in [-0.25, -0.2) is 0 Å². The van der Waals surface area contributed by atoms with Gasteiger partial charge in [0.25, 0.3) is 0 Å². The van der Waals surface area contributed by atoms with Gasteiger partial charge in [-0.05, 0) is 75.1 Å². The van der Waals surface area contributed by atoms with E-state index in [-0.39, 0.29) is 11.7 Å². The molecule has 31 heavy (non-hydrogen) atoms. The lowest BCUT2D eigenvalue weighted by atomic mass is 9.68. The molecule has 0 aromatic heterocycles. The maximum absolute atomic E-state index is 13.2. The maximum atomic E-state index is 13.2. The summed E-state index contributed by atoms with van der Waals surface area (Å²) in [6, 6.07) is 6.16. The summed E-state index contributed by atoms with van der Waals surface area (Å²) in [6.45, 7) is 0.267. The number of nitrogens with zero attached hydrogens (tertiary/aromatic N) is 1. The van der Waals surface area contributed by atoms with Gasteiger partial charge in [-0.15, -0.1) is 0 Å². The highest BCUT2D eigenvalue weighted by molar-refractivity contribution is 6.00. The number of hydrogen-bond acceptors (Lipinski definition) is 4. The number of rotatable bonds is 7. The Morgan fingerprint density at radius 1 is 1.06 bits per heavy atom. The predicted octanol–water partition coefficient (Wildman–Crippen LogP) is 4.47. The van der Waals surface area contributed by atoms with Crippen LogP contribution in [0.5, 0.6) is 5.75 Å². The maximum Gasteiger partial charge on any atom is 0.422 e. The first-order valence-corrected chi connectivity index (χ1v) is 11.1. The van der Waals surface area contributed by atoms with E-state index in [0.717, 1.165) is 6.42 Å². The van der Waals surface area contributed by atoms with E-state index in [4.69, 9.17) is 9.47 Å². The van der Waals surface area contributed by atoms with Crippen molar-refractivity contribution < 1.29 is 32.5 Å². The fourth-order valence-electron chi connectivity index (χ4n) is 4.83. The second-order valence-electron chi connectivity index (χ2n) is 9.42. The molecule has 0 atom stereocenters. The lowest BCUT2D eigenvalue weighted by Crippen LogP contribution is -2.46. The molecule has 1 saturated heterocycles. The van der Waals surface area contributed by atoms with E-state index in [1.165, 1.54) is 31.4 Å². The van der Waals surface area contributed by atoms with Gasteiger partial charge in [0.05, 0.1) is 17.6 Å². The minimum Gasteiger partial charge on any atom is -0.484 e. The Morgan fingerprint density at radius 2 is 1.74 bits per heavy atom. The van der Waals surface area contributed by atoms with Crippen molar-refractivity contribution in [3.63, 3.8) is 0 Å². The average molecular weight is 441 g/mol. The number of anilines is 1. The standard InChI is InChI=1S/C23H30F3NO4/c24-23(25,26)16-31-19-6-4-18(5-7-19)27-13-12-21(20(27)28)8-10-22(29,11-9-21)15-30-14-17-2-1-3-17/h4-7,17,29H,1-3,8-16H2. The molecule has 1 spiro atoms. The Bertz CT molecular complexity index is 768. The number of aliphatic hydroxyl groups is 1. The summed E-state index contributed by atoms with van der Waals surface area (Å²) in [5.41, 5.74) is -0.669. The minimum atomic E-state index is -4.39. The predicted molar refractivity (Wildman–Crippen MR) is 109 cm³/mol. The molecule has 1 amide bonds. The van der Waals surface area contributed by atoms with Crippen LogP contribution >= 0.6 is 0 Å². The SMILES string of the molecule is O=C1N(c2ccc(OCC(F)(F)F)cc2)CCC12CCC(O)(COCC1CCC1)CC2. The van der Waals surface area contributed by atoms with Crippen LogP contribution in [0.2, 0.25) is 0 Å². The van der Waals surface area contributed by atoms with Gasteiger partial charge < -0.3 is 19.5 Å². The number of carbonyl (C=O) groups excluding carboxylic acids is 1. The van der Waals surface area contributed by atoms with Crippen LogP contribution in [0.3, 0.4) is 0 Å². The molecule has 1 heterocycles. The van der Waals surface area contributed by atoms with Gasteiger partial charge >= 0.3 is 6.18 Å². The zero-order valence-corrected chi connectivity index (χ0v) is 17.6. The first kappa shape index (κ1) is 22.4. The zero-order valence-electron chi connectivity index (χ0n) is 17.6.